The number of halogens is 1. The van der Waals surface area contributed by atoms with E-state index in [1.54, 1.807) is 13.1 Å². The third-order valence-corrected chi connectivity index (χ3v) is 4.71. The highest BCUT2D eigenvalue weighted by atomic mass is 32.2. The highest BCUT2D eigenvalue weighted by Crippen LogP contribution is 2.21. The zero-order valence-electron chi connectivity index (χ0n) is 11.7. The maximum atomic E-state index is 13.7. The number of hydrogen-bond donors (Lipinski definition) is 3. The fraction of sp³-hybridized carbons (Fsp3) is 0.308. The Morgan fingerprint density at radius 3 is 2.76 bits per heavy atom. The smallest absolute Gasteiger partial charge is 0.241 e. The van der Waals surface area contributed by atoms with Crippen LogP contribution in [-0.2, 0) is 16.6 Å². The minimum atomic E-state index is -3.77. The highest BCUT2D eigenvalue weighted by Gasteiger charge is 2.21. The van der Waals surface area contributed by atoms with Gasteiger partial charge >= 0.3 is 0 Å². The monoisotopic (exact) mass is 312 g/mol. The SMILES string of the molecule is Cc1cc(S(=O)(=O)NC(C)c2cn[nH]c2)cc(CN)c1F. The summed E-state index contributed by atoms with van der Waals surface area (Å²) in [5.41, 5.74) is 6.56. The predicted octanol–water partition coefficient (Wildman–Crippen LogP) is 1.36. The minimum absolute atomic E-state index is 0.00260. The second-order valence-corrected chi connectivity index (χ2v) is 6.51. The van der Waals surface area contributed by atoms with E-state index in [9.17, 15) is 12.8 Å². The standard InChI is InChI=1S/C13H17FN4O2S/c1-8-3-12(4-10(5-15)13(8)14)21(19,20)18-9(2)11-6-16-17-7-11/h3-4,6-7,9,18H,5,15H2,1-2H3,(H,16,17). The molecule has 0 bridgehead atoms. The maximum absolute atomic E-state index is 13.7. The van der Waals surface area contributed by atoms with Gasteiger partial charge in [0.05, 0.1) is 11.1 Å². The van der Waals surface area contributed by atoms with E-state index in [-0.39, 0.29) is 22.6 Å². The van der Waals surface area contributed by atoms with Gasteiger partial charge in [-0.3, -0.25) is 5.10 Å². The summed E-state index contributed by atoms with van der Waals surface area (Å²) in [6.07, 6.45) is 3.14. The number of aromatic nitrogens is 2. The number of benzene rings is 1. The molecule has 1 aromatic carbocycles. The molecule has 1 aromatic heterocycles. The first-order valence-electron chi connectivity index (χ1n) is 6.35. The topological polar surface area (TPSA) is 101 Å². The number of hydrogen-bond acceptors (Lipinski definition) is 4. The van der Waals surface area contributed by atoms with Gasteiger partial charge in [-0.25, -0.2) is 17.5 Å². The fourth-order valence-electron chi connectivity index (χ4n) is 1.98. The molecule has 0 spiro atoms. The second-order valence-electron chi connectivity index (χ2n) is 4.79. The normalized spacial score (nSPS) is 13.3. The summed E-state index contributed by atoms with van der Waals surface area (Å²) in [7, 11) is -3.77. The van der Waals surface area contributed by atoms with Gasteiger partial charge in [0.15, 0.2) is 0 Å². The quantitative estimate of drug-likeness (QED) is 0.776. The van der Waals surface area contributed by atoms with Gasteiger partial charge in [0.2, 0.25) is 10.0 Å². The number of nitrogens with two attached hydrogens (primary N) is 1. The zero-order valence-corrected chi connectivity index (χ0v) is 12.5. The van der Waals surface area contributed by atoms with Crippen molar-refractivity contribution in [2.75, 3.05) is 0 Å². The van der Waals surface area contributed by atoms with Gasteiger partial charge in [-0.05, 0) is 31.5 Å². The molecular weight excluding hydrogens is 295 g/mol. The molecule has 0 saturated carbocycles. The van der Waals surface area contributed by atoms with Crippen LogP contribution in [0.25, 0.3) is 0 Å². The van der Waals surface area contributed by atoms with Crippen LogP contribution in [0, 0.1) is 12.7 Å². The summed E-state index contributed by atoms with van der Waals surface area (Å²) in [4.78, 5) is -0.00260. The summed E-state index contributed by atoms with van der Waals surface area (Å²) in [5.74, 6) is -0.473. The first-order chi connectivity index (χ1) is 9.85. The van der Waals surface area contributed by atoms with Crippen LogP contribution in [0.3, 0.4) is 0 Å². The molecular formula is C13H17FN4O2S. The summed E-state index contributed by atoms with van der Waals surface area (Å²) in [6, 6.07) is 2.09. The average Bonchev–Trinajstić information content (AvgIpc) is 2.95. The lowest BCUT2D eigenvalue weighted by molar-refractivity contribution is 0.564. The van der Waals surface area contributed by atoms with Crippen molar-refractivity contribution in [2.45, 2.75) is 31.3 Å². The van der Waals surface area contributed by atoms with E-state index in [0.717, 1.165) is 0 Å². The molecule has 0 saturated heterocycles. The van der Waals surface area contributed by atoms with Gasteiger partial charge in [-0.1, -0.05) is 0 Å². The Morgan fingerprint density at radius 2 is 2.19 bits per heavy atom. The van der Waals surface area contributed by atoms with E-state index < -0.39 is 21.9 Å². The maximum Gasteiger partial charge on any atom is 0.241 e. The number of nitrogens with one attached hydrogen (secondary N) is 2. The molecule has 2 rings (SSSR count). The van der Waals surface area contributed by atoms with Crippen molar-refractivity contribution in [1.29, 1.82) is 0 Å². The van der Waals surface area contributed by atoms with Crippen molar-refractivity contribution < 1.29 is 12.8 Å². The molecule has 2 aromatic rings. The Bertz CT molecular complexity index is 729. The van der Waals surface area contributed by atoms with Gasteiger partial charge in [-0.2, -0.15) is 5.10 Å². The molecule has 8 heteroatoms. The van der Waals surface area contributed by atoms with Crippen LogP contribution in [0.5, 0.6) is 0 Å². The predicted molar refractivity (Wildman–Crippen MR) is 76.4 cm³/mol. The van der Waals surface area contributed by atoms with E-state index in [1.165, 1.54) is 25.3 Å². The Morgan fingerprint density at radius 1 is 1.48 bits per heavy atom. The molecule has 0 aliphatic carbocycles. The van der Waals surface area contributed by atoms with Crippen molar-refractivity contribution in [2.24, 2.45) is 5.73 Å². The number of rotatable bonds is 5. The lowest BCUT2D eigenvalue weighted by atomic mass is 10.1. The van der Waals surface area contributed by atoms with Gasteiger partial charge < -0.3 is 5.73 Å². The number of sulfonamides is 1. The van der Waals surface area contributed by atoms with Crippen LogP contribution >= 0.6 is 0 Å². The molecule has 0 fully saturated rings. The van der Waals surface area contributed by atoms with Crippen LogP contribution in [0.15, 0.2) is 29.4 Å². The molecule has 0 amide bonds. The van der Waals surface area contributed by atoms with E-state index >= 15 is 0 Å². The first kappa shape index (κ1) is 15.6. The van der Waals surface area contributed by atoms with E-state index in [2.05, 4.69) is 14.9 Å². The summed E-state index contributed by atoms with van der Waals surface area (Å²) in [6.45, 7) is 3.14. The van der Waals surface area contributed by atoms with Crippen LogP contribution in [-0.4, -0.2) is 18.6 Å². The van der Waals surface area contributed by atoms with E-state index in [0.29, 0.717) is 5.56 Å². The lowest BCUT2D eigenvalue weighted by Gasteiger charge is -2.14. The van der Waals surface area contributed by atoms with Gasteiger partial charge in [0.1, 0.15) is 5.82 Å². The molecule has 6 nitrogen and oxygen atoms in total. The van der Waals surface area contributed by atoms with Crippen molar-refractivity contribution >= 4 is 10.0 Å². The summed E-state index contributed by atoms with van der Waals surface area (Å²) in [5, 5.41) is 6.39. The second kappa shape index (κ2) is 5.92. The van der Waals surface area contributed by atoms with Gasteiger partial charge in [0.25, 0.3) is 0 Å². The number of aryl methyl sites for hydroxylation is 1. The molecule has 1 unspecified atom stereocenters. The highest BCUT2D eigenvalue weighted by molar-refractivity contribution is 7.89. The van der Waals surface area contributed by atoms with Crippen molar-refractivity contribution in [3.8, 4) is 0 Å². The third-order valence-electron chi connectivity index (χ3n) is 3.18. The molecule has 0 aliphatic rings. The van der Waals surface area contributed by atoms with Crippen LogP contribution < -0.4 is 10.5 Å². The zero-order chi connectivity index (χ0) is 15.6. The van der Waals surface area contributed by atoms with E-state index in [1.807, 2.05) is 0 Å². The number of aromatic amines is 1. The number of H-pyrrole nitrogens is 1. The van der Waals surface area contributed by atoms with E-state index in [4.69, 9.17) is 5.73 Å². The summed E-state index contributed by atoms with van der Waals surface area (Å²) >= 11 is 0. The number of nitrogens with zero attached hydrogens (tertiary/aromatic N) is 1. The molecule has 1 atom stereocenters. The van der Waals surface area contributed by atoms with Crippen LogP contribution in [0.4, 0.5) is 4.39 Å². The lowest BCUT2D eigenvalue weighted by Crippen LogP contribution is -2.27. The molecule has 21 heavy (non-hydrogen) atoms. The molecule has 0 radical (unpaired) electrons. The molecule has 114 valence electrons. The van der Waals surface area contributed by atoms with Crippen LogP contribution in [0.1, 0.15) is 29.7 Å². The van der Waals surface area contributed by atoms with Crippen molar-refractivity contribution in [3.63, 3.8) is 0 Å². The van der Waals surface area contributed by atoms with Gasteiger partial charge in [0, 0.05) is 29.9 Å². The Hall–Kier alpha value is -1.77. The van der Waals surface area contributed by atoms with Crippen molar-refractivity contribution in [3.05, 3.63) is 47.0 Å². The first-order valence-corrected chi connectivity index (χ1v) is 7.83. The molecule has 0 aliphatic heterocycles. The summed E-state index contributed by atoms with van der Waals surface area (Å²) < 4.78 is 41.0. The minimum Gasteiger partial charge on any atom is -0.326 e. The fourth-order valence-corrected chi connectivity index (χ4v) is 3.34. The molecule has 4 N–H and O–H groups in total. The Balaban J connectivity index is 2.34. The average molecular weight is 312 g/mol. The van der Waals surface area contributed by atoms with Gasteiger partial charge in [-0.15, -0.1) is 0 Å². The molecule has 1 heterocycles. The largest absolute Gasteiger partial charge is 0.326 e. The van der Waals surface area contributed by atoms with Crippen molar-refractivity contribution in [1.82, 2.24) is 14.9 Å². The third kappa shape index (κ3) is 3.29. The van der Waals surface area contributed by atoms with Crippen LogP contribution in [0.2, 0.25) is 0 Å². The Kier molecular flexibility index (Phi) is 4.40. The Labute approximate surface area is 122 Å².